The second-order valence-corrected chi connectivity index (χ2v) is 10.5. The van der Waals surface area contributed by atoms with Gasteiger partial charge in [-0.15, -0.1) is 0 Å². The zero-order chi connectivity index (χ0) is 25.0. The average molecular weight is 487 g/mol. The number of β-amino-alcohol motifs (C(OH)–C–C–N with tert-alkyl or cyclic N) is 1. The maximum Gasteiger partial charge on any atom is 0.254 e. The molecule has 7 heteroatoms. The Labute approximate surface area is 206 Å². The van der Waals surface area contributed by atoms with Gasteiger partial charge in [-0.1, -0.05) is 18.2 Å². The monoisotopic (exact) mass is 486 g/mol. The van der Waals surface area contributed by atoms with E-state index in [0.29, 0.717) is 55.3 Å². The molecule has 0 saturated carbocycles. The van der Waals surface area contributed by atoms with Gasteiger partial charge in [-0.2, -0.15) is 0 Å². The van der Waals surface area contributed by atoms with Crippen molar-refractivity contribution in [2.75, 3.05) is 39.3 Å². The van der Waals surface area contributed by atoms with Crippen LogP contribution in [0.25, 0.3) is 11.1 Å². The fourth-order valence-corrected chi connectivity index (χ4v) is 4.99. The summed E-state index contributed by atoms with van der Waals surface area (Å²) in [4.78, 5) is 16.4. The molecule has 0 aromatic heterocycles. The quantitative estimate of drug-likeness (QED) is 0.603. The second-order valence-electron chi connectivity index (χ2n) is 10.5. The molecule has 1 amide bonds. The number of carbonyl (C=O) groups is 1. The molecule has 190 valence electrons. The van der Waals surface area contributed by atoms with Gasteiger partial charge >= 0.3 is 0 Å². The molecule has 2 aliphatic heterocycles. The van der Waals surface area contributed by atoms with Crippen molar-refractivity contribution < 1.29 is 23.4 Å². The second kappa shape index (κ2) is 11.0. The third-order valence-corrected chi connectivity index (χ3v) is 6.86. The Balaban J connectivity index is 1.30. The third-order valence-electron chi connectivity index (χ3n) is 6.86. The van der Waals surface area contributed by atoms with Gasteiger partial charge in [0.2, 0.25) is 0 Å². The number of aliphatic hydroxyl groups excluding tert-OH is 1. The molecule has 0 unspecified atom stereocenters. The number of piperidine rings is 2. The molecule has 0 radical (unpaired) electrons. The van der Waals surface area contributed by atoms with Crippen molar-refractivity contribution in [1.29, 1.82) is 0 Å². The Morgan fingerprint density at radius 1 is 1.09 bits per heavy atom. The molecule has 2 aliphatic rings. The number of benzene rings is 2. The van der Waals surface area contributed by atoms with E-state index in [1.165, 1.54) is 6.07 Å². The molecule has 2 aromatic rings. The lowest BCUT2D eigenvalue weighted by molar-refractivity contribution is 0.0473. The smallest absolute Gasteiger partial charge is 0.254 e. The van der Waals surface area contributed by atoms with Gasteiger partial charge < -0.3 is 19.6 Å². The van der Waals surface area contributed by atoms with Gasteiger partial charge in [0, 0.05) is 30.8 Å². The summed E-state index contributed by atoms with van der Waals surface area (Å²) in [7, 11) is 0. The third kappa shape index (κ3) is 7.01. The van der Waals surface area contributed by atoms with Gasteiger partial charge in [0.25, 0.3) is 5.91 Å². The molecule has 0 bridgehead atoms. The number of carbonyl (C=O) groups excluding carboxylic acids is 1. The molecule has 0 spiro atoms. The van der Waals surface area contributed by atoms with Crippen molar-refractivity contribution in [2.45, 2.75) is 51.3 Å². The predicted molar refractivity (Wildman–Crippen MR) is 133 cm³/mol. The summed E-state index contributed by atoms with van der Waals surface area (Å²) in [5.41, 5.74) is 0.262. The van der Waals surface area contributed by atoms with Crippen LogP contribution in [0.1, 0.15) is 49.9 Å². The van der Waals surface area contributed by atoms with Crippen LogP contribution in [0.4, 0.5) is 8.78 Å². The topological polar surface area (TPSA) is 53.0 Å². The lowest BCUT2D eigenvalue weighted by Crippen LogP contribution is -2.42. The van der Waals surface area contributed by atoms with Crippen molar-refractivity contribution in [2.24, 2.45) is 5.92 Å². The van der Waals surface area contributed by atoms with E-state index in [-0.39, 0.29) is 5.91 Å². The van der Waals surface area contributed by atoms with Gasteiger partial charge in [0.15, 0.2) is 0 Å². The van der Waals surface area contributed by atoms with Gasteiger partial charge in [-0.05, 0) is 88.4 Å². The molecule has 1 atom stereocenters. The number of aliphatic hydroxyl groups is 1. The zero-order valence-corrected chi connectivity index (χ0v) is 20.7. The predicted octanol–water partition coefficient (Wildman–Crippen LogP) is 4.93. The Morgan fingerprint density at radius 3 is 2.43 bits per heavy atom. The molecule has 2 aromatic carbocycles. The average Bonchev–Trinajstić information content (AvgIpc) is 2.82. The number of likely N-dealkylation sites (tertiary alicyclic amines) is 2. The van der Waals surface area contributed by atoms with Crippen LogP contribution in [0.15, 0.2) is 42.5 Å². The summed E-state index contributed by atoms with van der Waals surface area (Å²) >= 11 is 0. The fraction of sp³-hybridized carbons (Fsp3) is 0.536. The van der Waals surface area contributed by atoms with Crippen molar-refractivity contribution in [1.82, 2.24) is 9.80 Å². The highest BCUT2D eigenvalue weighted by atomic mass is 19.1. The number of nitrogens with zero attached hydrogens (tertiary/aromatic N) is 2. The van der Waals surface area contributed by atoms with Crippen LogP contribution in [0.5, 0.6) is 5.75 Å². The van der Waals surface area contributed by atoms with Crippen molar-refractivity contribution in [3.05, 3.63) is 53.8 Å². The maximum atomic E-state index is 14.9. The molecule has 35 heavy (non-hydrogen) atoms. The van der Waals surface area contributed by atoms with Crippen molar-refractivity contribution in [3.8, 4) is 16.9 Å². The summed E-state index contributed by atoms with van der Waals surface area (Å²) in [6, 6.07) is 11.9. The largest absolute Gasteiger partial charge is 0.493 e. The minimum atomic E-state index is -1.17. The Hall–Kier alpha value is -2.51. The van der Waals surface area contributed by atoms with E-state index in [1.807, 2.05) is 24.3 Å². The highest BCUT2D eigenvalue weighted by Gasteiger charge is 2.26. The van der Waals surface area contributed by atoms with E-state index < -0.39 is 17.6 Å². The first kappa shape index (κ1) is 25.6. The van der Waals surface area contributed by atoms with Crippen LogP contribution >= 0.6 is 0 Å². The zero-order valence-electron chi connectivity index (χ0n) is 20.7. The molecule has 0 aliphatic carbocycles. The normalized spacial score (nSPS) is 20.1. The number of hydrogen-bond donors (Lipinski definition) is 1. The first-order valence-corrected chi connectivity index (χ1v) is 12.6. The van der Waals surface area contributed by atoms with Gasteiger partial charge in [0.05, 0.1) is 12.7 Å². The van der Waals surface area contributed by atoms with Crippen LogP contribution < -0.4 is 4.74 Å². The molecule has 2 saturated heterocycles. The molecule has 1 N–H and O–H groups in total. The summed E-state index contributed by atoms with van der Waals surface area (Å²) in [5, 5.41) is 9.81. The fourth-order valence-electron chi connectivity index (χ4n) is 4.99. The Kier molecular flexibility index (Phi) is 8.07. The summed E-state index contributed by atoms with van der Waals surface area (Å²) < 4.78 is 34.7. The van der Waals surface area contributed by atoms with Gasteiger partial charge in [0.1, 0.15) is 17.2 Å². The first-order chi connectivity index (χ1) is 16.7. The molecule has 2 fully saturated rings. The molecule has 4 rings (SSSR count). The highest BCUT2D eigenvalue weighted by Crippen LogP contribution is 2.28. The molecular formula is C28H36F2N2O3. The van der Waals surface area contributed by atoms with Crippen molar-refractivity contribution >= 4 is 5.91 Å². The van der Waals surface area contributed by atoms with Gasteiger partial charge in [-0.25, -0.2) is 8.78 Å². The molecular weight excluding hydrogens is 450 g/mol. The van der Waals surface area contributed by atoms with Crippen LogP contribution in [-0.4, -0.2) is 71.9 Å². The van der Waals surface area contributed by atoms with Crippen molar-refractivity contribution in [3.63, 3.8) is 0 Å². The highest BCUT2D eigenvalue weighted by molar-refractivity contribution is 5.95. The number of ether oxygens (including phenoxy) is 1. The van der Waals surface area contributed by atoms with E-state index in [2.05, 4.69) is 4.90 Å². The van der Waals surface area contributed by atoms with E-state index in [1.54, 1.807) is 30.9 Å². The van der Waals surface area contributed by atoms with Crippen LogP contribution in [0, 0.1) is 11.7 Å². The standard InChI is InChI=1S/C28H36F2N2O3/c1-28(2,30)19-31-14-11-20(12-15-31)18-35-24-8-5-21(6-9-24)25-10-7-22(16-26(25)29)27(34)32-13-3-4-23(33)17-32/h5-10,16,20,23,33H,3-4,11-15,17-19H2,1-2H3/t23-/m1/s1. The van der Waals surface area contributed by atoms with E-state index in [0.717, 1.165) is 38.1 Å². The number of alkyl halides is 1. The van der Waals surface area contributed by atoms with Crippen LogP contribution in [-0.2, 0) is 0 Å². The minimum absolute atomic E-state index is 0.253. The molecule has 2 heterocycles. The first-order valence-electron chi connectivity index (χ1n) is 12.6. The van der Waals surface area contributed by atoms with E-state index in [4.69, 9.17) is 4.74 Å². The lowest BCUT2D eigenvalue weighted by atomic mass is 9.97. The van der Waals surface area contributed by atoms with Crippen LogP contribution in [0.3, 0.4) is 0 Å². The number of amides is 1. The molecule has 5 nitrogen and oxygen atoms in total. The number of rotatable bonds is 7. The SMILES string of the molecule is CC(C)(F)CN1CCC(COc2ccc(-c3ccc(C(=O)N4CCC[C@@H](O)C4)cc3F)cc2)CC1. The van der Waals surface area contributed by atoms with E-state index in [9.17, 15) is 18.7 Å². The minimum Gasteiger partial charge on any atom is -0.493 e. The number of hydrogen-bond acceptors (Lipinski definition) is 4. The maximum absolute atomic E-state index is 14.9. The van der Waals surface area contributed by atoms with E-state index >= 15 is 0 Å². The summed E-state index contributed by atoms with van der Waals surface area (Å²) in [5.74, 6) is 0.469. The summed E-state index contributed by atoms with van der Waals surface area (Å²) in [6.45, 7) is 6.96. The van der Waals surface area contributed by atoms with Gasteiger partial charge in [-0.3, -0.25) is 4.79 Å². The Morgan fingerprint density at radius 2 is 1.80 bits per heavy atom. The van der Waals surface area contributed by atoms with Crippen LogP contribution in [0.2, 0.25) is 0 Å². The number of halogens is 2. The summed E-state index contributed by atoms with van der Waals surface area (Å²) in [6.07, 6.45) is 2.90. The Bertz CT molecular complexity index is 998. The lowest BCUT2D eigenvalue weighted by Gasteiger charge is -2.34.